The van der Waals surface area contributed by atoms with Gasteiger partial charge < -0.3 is 14.5 Å². The minimum absolute atomic E-state index is 0.0792. The van der Waals surface area contributed by atoms with Crippen molar-refractivity contribution < 1.29 is 18.3 Å². The molecule has 0 spiro atoms. The van der Waals surface area contributed by atoms with Gasteiger partial charge in [0.2, 0.25) is 5.91 Å². The number of para-hydroxylation sites is 1. The number of amides is 1. The summed E-state index contributed by atoms with van der Waals surface area (Å²) in [5.41, 5.74) is 0. The normalized spacial score (nSPS) is 12.2. The Hall–Kier alpha value is -2.09. The van der Waals surface area contributed by atoms with E-state index in [9.17, 15) is 9.18 Å². The predicted molar refractivity (Wildman–Crippen MR) is 83.7 cm³/mol. The third kappa shape index (κ3) is 5.24. The molecule has 0 aliphatic heterocycles. The molecule has 8 heteroatoms. The number of benzene rings is 1. The van der Waals surface area contributed by atoms with Crippen molar-refractivity contribution in [2.24, 2.45) is 0 Å². The van der Waals surface area contributed by atoms with Crippen molar-refractivity contribution in [3.8, 4) is 5.75 Å². The van der Waals surface area contributed by atoms with Crippen LogP contribution in [-0.2, 0) is 4.79 Å². The second-order valence-corrected chi connectivity index (χ2v) is 6.03. The summed E-state index contributed by atoms with van der Waals surface area (Å²) < 4.78 is 24.4. The number of hydrogen-bond acceptors (Lipinski definition) is 6. The van der Waals surface area contributed by atoms with Gasteiger partial charge in [-0.15, -0.1) is 10.2 Å². The fraction of sp³-hybridized carbons (Fsp3) is 0.400. The van der Waals surface area contributed by atoms with Crippen molar-refractivity contribution in [2.75, 3.05) is 5.75 Å². The number of carbonyl (C=O) groups is 1. The lowest BCUT2D eigenvalue weighted by atomic mass is 10.3. The van der Waals surface area contributed by atoms with E-state index >= 15 is 0 Å². The summed E-state index contributed by atoms with van der Waals surface area (Å²) >= 11 is 1.14. The molecule has 0 aliphatic rings. The summed E-state index contributed by atoms with van der Waals surface area (Å²) in [7, 11) is 0. The Bertz CT molecular complexity index is 663. The Kier molecular flexibility index (Phi) is 5.97. The van der Waals surface area contributed by atoms with Gasteiger partial charge in [0.05, 0.1) is 5.75 Å². The predicted octanol–water partition coefficient (Wildman–Crippen LogP) is 2.97. The molecule has 0 bridgehead atoms. The van der Waals surface area contributed by atoms with E-state index in [4.69, 9.17) is 9.15 Å². The van der Waals surface area contributed by atoms with Gasteiger partial charge in [0.15, 0.2) is 17.7 Å². The lowest BCUT2D eigenvalue weighted by Crippen LogP contribution is -2.31. The summed E-state index contributed by atoms with van der Waals surface area (Å²) in [6.07, 6.45) is -0.599. The molecule has 0 saturated carbocycles. The number of thioether (sulfide) groups is 1. The Labute approximate surface area is 137 Å². The molecule has 2 aromatic rings. The molecule has 1 aromatic heterocycles. The van der Waals surface area contributed by atoms with E-state index in [0.717, 1.165) is 11.8 Å². The van der Waals surface area contributed by atoms with E-state index in [1.165, 1.54) is 12.1 Å². The molecular formula is C15H18FN3O3S. The Balaban J connectivity index is 1.91. The Morgan fingerprint density at radius 1 is 1.35 bits per heavy atom. The van der Waals surface area contributed by atoms with Crippen LogP contribution in [0.1, 0.15) is 32.8 Å². The van der Waals surface area contributed by atoms with Crippen LogP contribution in [0.3, 0.4) is 0 Å². The molecule has 1 amide bonds. The van der Waals surface area contributed by atoms with Crippen molar-refractivity contribution in [1.82, 2.24) is 15.5 Å². The molecule has 1 atom stereocenters. The van der Waals surface area contributed by atoms with Gasteiger partial charge in [0, 0.05) is 6.04 Å². The summed E-state index contributed by atoms with van der Waals surface area (Å²) in [4.78, 5) is 11.6. The Morgan fingerprint density at radius 2 is 2.09 bits per heavy atom. The van der Waals surface area contributed by atoms with Gasteiger partial charge in [0.25, 0.3) is 11.1 Å². The maximum atomic E-state index is 13.5. The fourth-order valence-electron chi connectivity index (χ4n) is 1.72. The zero-order valence-corrected chi connectivity index (χ0v) is 13.9. The molecule has 0 fully saturated rings. The molecule has 0 unspecified atom stereocenters. The highest BCUT2D eigenvalue weighted by Crippen LogP contribution is 2.25. The molecule has 124 valence electrons. The van der Waals surface area contributed by atoms with Crippen molar-refractivity contribution in [1.29, 1.82) is 0 Å². The van der Waals surface area contributed by atoms with Crippen LogP contribution >= 0.6 is 11.8 Å². The number of nitrogens with zero attached hydrogens (tertiary/aromatic N) is 2. The second kappa shape index (κ2) is 7.96. The zero-order chi connectivity index (χ0) is 16.8. The number of halogens is 1. The van der Waals surface area contributed by atoms with E-state index in [-0.39, 0.29) is 34.6 Å². The van der Waals surface area contributed by atoms with Crippen molar-refractivity contribution in [2.45, 2.75) is 38.1 Å². The molecule has 0 radical (unpaired) electrons. The number of hydrogen-bond donors (Lipinski definition) is 1. The summed E-state index contributed by atoms with van der Waals surface area (Å²) in [5, 5.41) is 10.7. The first-order valence-corrected chi connectivity index (χ1v) is 8.11. The van der Waals surface area contributed by atoms with Gasteiger partial charge >= 0.3 is 0 Å². The smallest absolute Gasteiger partial charge is 0.277 e. The molecule has 0 aliphatic carbocycles. The van der Waals surface area contributed by atoms with E-state index in [2.05, 4.69) is 15.5 Å². The van der Waals surface area contributed by atoms with E-state index in [0.29, 0.717) is 0 Å². The highest BCUT2D eigenvalue weighted by Gasteiger charge is 2.18. The van der Waals surface area contributed by atoms with Gasteiger partial charge in [-0.2, -0.15) is 0 Å². The zero-order valence-electron chi connectivity index (χ0n) is 13.1. The monoisotopic (exact) mass is 339 g/mol. The topological polar surface area (TPSA) is 77.2 Å². The van der Waals surface area contributed by atoms with Crippen LogP contribution < -0.4 is 10.1 Å². The van der Waals surface area contributed by atoms with Crippen LogP contribution in [0.2, 0.25) is 0 Å². The molecule has 6 nitrogen and oxygen atoms in total. The minimum Gasteiger partial charge on any atom is -0.478 e. The van der Waals surface area contributed by atoms with Crippen molar-refractivity contribution in [3.05, 3.63) is 36.0 Å². The average Bonchev–Trinajstić information content (AvgIpc) is 2.96. The van der Waals surface area contributed by atoms with E-state index in [1.807, 2.05) is 13.8 Å². The van der Waals surface area contributed by atoms with Crippen LogP contribution in [0.4, 0.5) is 4.39 Å². The molecule has 0 saturated heterocycles. The lowest BCUT2D eigenvalue weighted by Gasteiger charge is -2.11. The van der Waals surface area contributed by atoms with Crippen LogP contribution in [0.5, 0.6) is 5.75 Å². The number of ether oxygens (including phenoxy) is 1. The maximum Gasteiger partial charge on any atom is 0.277 e. The SMILES string of the molecule is CC(C)NC(=O)CSc1nnc([C@@H](C)Oc2ccccc2F)o1. The van der Waals surface area contributed by atoms with Crippen molar-refractivity contribution >= 4 is 17.7 Å². The van der Waals surface area contributed by atoms with Crippen LogP contribution in [0.25, 0.3) is 0 Å². The molecule has 1 N–H and O–H groups in total. The van der Waals surface area contributed by atoms with Crippen molar-refractivity contribution in [3.63, 3.8) is 0 Å². The average molecular weight is 339 g/mol. The highest BCUT2D eigenvalue weighted by atomic mass is 32.2. The van der Waals surface area contributed by atoms with E-state index in [1.54, 1.807) is 19.1 Å². The fourth-order valence-corrected chi connectivity index (χ4v) is 2.30. The third-order valence-corrected chi connectivity index (χ3v) is 3.51. The lowest BCUT2D eigenvalue weighted by molar-refractivity contribution is -0.119. The molecular weight excluding hydrogens is 321 g/mol. The summed E-state index contributed by atoms with van der Waals surface area (Å²) in [6.45, 7) is 5.45. The Morgan fingerprint density at radius 3 is 2.78 bits per heavy atom. The summed E-state index contributed by atoms with van der Waals surface area (Å²) in [5.74, 6) is -0.0505. The minimum atomic E-state index is -0.599. The number of aromatic nitrogens is 2. The molecule has 1 heterocycles. The quantitative estimate of drug-likeness (QED) is 0.782. The molecule has 23 heavy (non-hydrogen) atoms. The van der Waals surface area contributed by atoms with Gasteiger partial charge in [-0.25, -0.2) is 4.39 Å². The van der Waals surface area contributed by atoms with Crippen LogP contribution in [-0.4, -0.2) is 27.9 Å². The maximum absolute atomic E-state index is 13.5. The molecule has 2 rings (SSSR count). The third-order valence-electron chi connectivity index (χ3n) is 2.69. The number of nitrogens with one attached hydrogen (secondary N) is 1. The first-order chi connectivity index (χ1) is 11.0. The number of carbonyl (C=O) groups excluding carboxylic acids is 1. The van der Waals surface area contributed by atoms with Crippen LogP contribution in [0, 0.1) is 5.82 Å². The van der Waals surface area contributed by atoms with Gasteiger partial charge in [-0.1, -0.05) is 23.9 Å². The first kappa shape index (κ1) is 17.3. The van der Waals surface area contributed by atoms with Gasteiger partial charge in [0.1, 0.15) is 0 Å². The highest BCUT2D eigenvalue weighted by molar-refractivity contribution is 7.99. The standard InChI is InChI=1S/C15H18FN3O3S/c1-9(2)17-13(20)8-23-15-19-18-14(22-15)10(3)21-12-7-5-4-6-11(12)16/h4-7,9-10H,8H2,1-3H3,(H,17,20)/t10-/m1/s1. The van der Waals surface area contributed by atoms with E-state index < -0.39 is 11.9 Å². The van der Waals surface area contributed by atoms with Crippen LogP contribution in [0.15, 0.2) is 33.9 Å². The number of rotatable bonds is 7. The second-order valence-electron chi connectivity index (χ2n) is 5.11. The molecule has 1 aromatic carbocycles. The largest absolute Gasteiger partial charge is 0.478 e. The van der Waals surface area contributed by atoms with Gasteiger partial charge in [-0.3, -0.25) is 4.79 Å². The first-order valence-electron chi connectivity index (χ1n) is 7.12. The summed E-state index contributed by atoms with van der Waals surface area (Å²) in [6, 6.07) is 6.17. The van der Waals surface area contributed by atoms with Gasteiger partial charge in [-0.05, 0) is 32.9 Å².